The zero-order valence-corrected chi connectivity index (χ0v) is 35.9. The number of aromatic amines is 1. The number of aryl methyl sites for hydroxylation is 1. The molecule has 5 N–H and O–H groups in total. The molecule has 3 aliphatic rings. The van der Waals surface area contributed by atoms with Crippen LogP contribution in [0.5, 0.6) is 5.75 Å². The van der Waals surface area contributed by atoms with Gasteiger partial charge >= 0.3 is 11.8 Å². The molecule has 2 fully saturated rings. The summed E-state index contributed by atoms with van der Waals surface area (Å²) in [5, 5.41) is 11.3. The summed E-state index contributed by atoms with van der Waals surface area (Å²) in [6.45, 7) is 0.478. The van der Waals surface area contributed by atoms with Gasteiger partial charge in [-0.25, -0.2) is 23.4 Å². The first-order chi connectivity index (χ1) is 31.8. The number of alkyl carbamates (subject to hydrolysis) is 1. The third kappa shape index (κ3) is 7.56. The van der Waals surface area contributed by atoms with Gasteiger partial charge in [-0.15, -0.1) is 0 Å². The third-order valence-electron chi connectivity index (χ3n) is 12.5. The van der Waals surface area contributed by atoms with Crippen LogP contribution in [0.2, 0.25) is 0 Å². The number of benzene rings is 3. The Morgan fingerprint density at radius 3 is 2.41 bits per heavy atom. The van der Waals surface area contributed by atoms with Crippen LogP contribution in [-0.2, 0) is 21.4 Å². The molecule has 0 radical (unpaired) electrons. The number of methoxy groups -OCH3 is 2. The fourth-order valence-electron chi connectivity index (χ4n) is 9.25. The van der Waals surface area contributed by atoms with Gasteiger partial charge in [-0.1, -0.05) is 12.1 Å². The molecule has 0 bridgehead atoms. The summed E-state index contributed by atoms with van der Waals surface area (Å²) in [5.41, 5.74) is 3.10. The number of imide groups is 2. The second kappa shape index (κ2) is 17.2. The van der Waals surface area contributed by atoms with Gasteiger partial charge in [0.2, 0.25) is 11.8 Å². The van der Waals surface area contributed by atoms with E-state index < -0.39 is 53.3 Å². The van der Waals surface area contributed by atoms with Crippen LogP contribution in [-0.4, -0.2) is 99.0 Å². The standard InChI is InChI=1S/C46H43F2N9O9/c1-55-33-21-51-40-37(39(33)56(46(55)64)26-9-7-25(19-26)52-45(63)66-3)36(22-6-13-34(65-2)31(48)17-22)38(54-40)23-5-10-28(30(47)18-23)41(59)50-16-4-15-49-24-8-11-27-29(20-24)44(62)57(43(27)61)32-12-14-35(58)53-42(32)60/h5-6,8,10-11,13,17-18,20-21,25-26,32,49H,4,7,9,12,14-16,19H2,1-3H3,(H,50,59)(H,51,54)(H,52,63)(H,53,58,60)/t25-,26-,32?/m1/s1. The van der Waals surface area contributed by atoms with Crippen molar-refractivity contribution in [2.24, 2.45) is 7.05 Å². The number of halogens is 2. The Bertz CT molecular complexity index is 3100. The topological polar surface area (TPSA) is 228 Å². The maximum Gasteiger partial charge on any atom is 0.407 e. The lowest BCUT2D eigenvalue weighted by Gasteiger charge is -2.27. The molecule has 1 unspecified atom stereocenters. The number of nitrogens with zero attached hydrogens (tertiary/aromatic N) is 4. The van der Waals surface area contributed by atoms with Crippen molar-refractivity contribution in [3.8, 4) is 28.1 Å². The summed E-state index contributed by atoms with van der Waals surface area (Å²) in [4.78, 5) is 98.4. The minimum Gasteiger partial charge on any atom is -0.494 e. The second-order valence-corrected chi connectivity index (χ2v) is 16.4. The average Bonchev–Trinajstić information content (AvgIpc) is 4.05. The minimum absolute atomic E-state index is 0.00447. The van der Waals surface area contributed by atoms with E-state index in [1.807, 2.05) is 0 Å². The first-order valence-corrected chi connectivity index (χ1v) is 21.3. The summed E-state index contributed by atoms with van der Waals surface area (Å²) >= 11 is 0. The van der Waals surface area contributed by atoms with Crippen molar-refractivity contribution in [2.75, 3.05) is 32.6 Å². The molecule has 3 aromatic carbocycles. The smallest absolute Gasteiger partial charge is 0.407 e. The fourth-order valence-corrected chi connectivity index (χ4v) is 9.25. The van der Waals surface area contributed by atoms with E-state index in [4.69, 9.17) is 9.47 Å². The zero-order valence-electron chi connectivity index (χ0n) is 35.9. The number of anilines is 1. The SMILES string of the molecule is COC(=O)N[C@@H]1CC[C@@H](n2c(=O)n(C)c3cnc4[nH]c(-c5ccc(C(=O)NCCCNc6ccc7c(c6)C(=O)N(C6CCC(=O)NC6=O)C7=O)c(F)c5)c(-c5ccc(OC)c(F)c5)c4c32)C1. The highest BCUT2D eigenvalue weighted by Gasteiger charge is 2.44. The number of H-pyrrole nitrogens is 1. The summed E-state index contributed by atoms with van der Waals surface area (Å²) in [6, 6.07) is 11.5. The van der Waals surface area contributed by atoms with Gasteiger partial charge < -0.3 is 30.4 Å². The number of fused-ring (bicyclic) bond motifs is 4. The number of piperidine rings is 1. The molecule has 6 amide bonds. The predicted octanol–water partition coefficient (Wildman–Crippen LogP) is 4.92. The predicted molar refractivity (Wildman–Crippen MR) is 235 cm³/mol. The highest BCUT2D eigenvalue weighted by atomic mass is 19.1. The van der Waals surface area contributed by atoms with Crippen LogP contribution in [0.25, 0.3) is 44.5 Å². The van der Waals surface area contributed by atoms with Gasteiger partial charge in [0, 0.05) is 55.5 Å². The molecule has 0 spiro atoms. The summed E-state index contributed by atoms with van der Waals surface area (Å²) in [6.07, 6.45) is 3.05. The highest BCUT2D eigenvalue weighted by molar-refractivity contribution is 6.24. The van der Waals surface area contributed by atoms with Crippen molar-refractivity contribution in [2.45, 2.75) is 56.7 Å². The molecule has 2 aliphatic heterocycles. The van der Waals surface area contributed by atoms with E-state index in [1.54, 1.807) is 36.0 Å². The Labute approximate surface area is 373 Å². The lowest BCUT2D eigenvalue weighted by Crippen LogP contribution is -2.54. The number of rotatable bonds is 12. The molecular formula is C46H43F2N9O9. The summed E-state index contributed by atoms with van der Waals surface area (Å²) in [5.74, 6) is -4.56. The van der Waals surface area contributed by atoms with Gasteiger partial charge in [-0.05, 0) is 80.1 Å². The Balaban J connectivity index is 0.940. The van der Waals surface area contributed by atoms with E-state index in [9.17, 15) is 33.6 Å². The number of carbonyl (C=O) groups is 6. The largest absolute Gasteiger partial charge is 0.494 e. The fraction of sp³-hybridized carbons (Fsp3) is 0.304. The number of nitrogens with one attached hydrogen (secondary N) is 5. The quantitative estimate of drug-likeness (QED) is 0.0818. The number of amides is 6. The third-order valence-corrected chi connectivity index (χ3v) is 12.5. The van der Waals surface area contributed by atoms with Crippen LogP contribution >= 0.6 is 0 Å². The molecule has 20 heteroatoms. The average molecular weight is 904 g/mol. The van der Waals surface area contributed by atoms with Gasteiger partial charge in [0.05, 0.1) is 59.2 Å². The Morgan fingerprint density at radius 2 is 1.67 bits per heavy atom. The normalized spacial score (nSPS) is 18.2. The lowest BCUT2D eigenvalue weighted by atomic mass is 9.97. The van der Waals surface area contributed by atoms with E-state index in [1.165, 1.54) is 55.2 Å². The van der Waals surface area contributed by atoms with Crippen LogP contribution in [0.1, 0.15) is 75.6 Å². The van der Waals surface area contributed by atoms with Crippen molar-refractivity contribution in [1.82, 2.24) is 40.0 Å². The molecule has 340 valence electrons. The number of imidazole rings is 1. The maximum atomic E-state index is 16.1. The van der Waals surface area contributed by atoms with Crippen LogP contribution < -0.4 is 31.7 Å². The number of ether oxygens (including phenoxy) is 2. The van der Waals surface area contributed by atoms with Crippen molar-refractivity contribution in [1.29, 1.82) is 0 Å². The van der Waals surface area contributed by atoms with E-state index in [0.29, 0.717) is 82.4 Å². The monoisotopic (exact) mass is 903 g/mol. The second-order valence-electron chi connectivity index (χ2n) is 16.4. The lowest BCUT2D eigenvalue weighted by molar-refractivity contribution is -0.136. The van der Waals surface area contributed by atoms with E-state index in [-0.39, 0.29) is 59.6 Å². The van der Waals surface area contributed by atoms with Crippen molar-refractivity contribution in [3.63, 3.8) is 0 Å². The molecule has 18 nitrogen and oxygen atoms in total. The van der Waals surface area contributed by atoms with Crippen molar-refractivity contribution >= 4 is 63.4 Å². The Morgan fingerprint density at radius 1 is 0.894 bits per heavy atom. The van der Waals surface area contributed by atoms with Gasteiger partial charge in [0.1, 0.15) is 17.5 Å². The number of aromatic nitrogens is 4. The number of hydrogen-bond donors (Lipinski definition) is 5. The van der Waals surface area contributed by atoms with Crippen molar-refractivity contribution in [3.05, 3.63) is 99.6 Å². The number of carbonyl (C=O) groups excluding carboxylic acids is 6. The summed E-state index contributed by atoms with van der Waals surface area (Å²) < 4.78 is 44.7. The van der Waals surface area contributed by atoms with E-state index >= 15 is 8.78 Å². The van der Waals surface area contributed by atoms with E-state index in [0.717, 1.165) is 4.90 Å². The number of hydrogen-bond acceptors (Lipinski definition) is 11. The Hall–Kier alpha value is -7.90. The first-order valence-electron chi connectivity index (χ1n) is 21.3. The maximum absolute atomic E-state index is 16.1. The Kier molecular flexibility index (Phi) is 11.3. The van der Waals surface area contributed by atoms with Crippen LogP contribution in [0, 0.1) is 11.6 Å². The van der Waals surface area contributed by atoms with Gasteiger partial charge in [-0.2, -0.15) is 0 Å². The van der Waals surface area contributed by atoms with Crippen molar-refractivity contribution < 1.29 is 47.0 Å². The molecule has 9 rings (SSSR count). The zero-order chi connectivity index (χ0) is 46.6. The molecule has 6 aromatic rings. The van der Waals surface area contributed by atoms with E-state index in [2.05, 4.69) is 31.2 Å². The molecule has 5 heterocycles. The molecule has 3 aromatic heterocycles. The first kappa shape index (κ1) is 43.4. The molecule has 66 heavy (non-hydrogen) atoms. The highest BCUT2D eigenvalue weighted by Crippen LogP contribution is 2.43. The molecular weight excluding hydrogens is 861 g/mol. The number of pyridine rings is 1. The van der Waals surface area contributed by atoms with Gasteiger partial charge in [0.25, 0.3) is 17.7 Å². The van der Waals surface area contributed by atoms with Gasteiger partial charge in [-0.3, -0.25) is 43.3 Å². The molecule has 1 saturated carbocycles. The summed E-state index contributed by atoms with van der Waals surface area (Å²) in [7, 11) is 4.26. The van der Waals surface area contributed by atoms with Crippen LogP contribution in [0.15, 0.2) is 65.6 Å². The molecule has 1 aliphatic carbocycles. The van der Waals surface area contributed by atoms with Crippen LogP contribution in [0.4, 0.5) is 19.3 Å². The minimum atomic E-state index is -1.08. The van der Waals surface area contributed by atoms with Gasteiger partial charge in [0.15, 0.2) is 11.6 Å². The van der Waals surface area contributed by atoms with Crippen LogP contribution in [0.3, 0.4) is 0 Å². The molecule has 3 atom stereocenters. The molecule has 1 saturated heterocycles.